The number of oxazole rings is 1. The predicted octanol–water partition coefficient (Wildman–Crippen LogP) is 3.14. The molecule has 0 saturated carbocycles. The van der Waals surface area contributed by atoms with Gasteiger partial charge in [-0.05, 0) is 31.2 Å². The van der Waals surface area contributed by atoms with Gasteiger partial charge in [-0.15, -0.1) is 0 Å². The number of rotatable bonds is 6. The highest BCUT2D eigenvalue weighted by Gasteiger charge is 2.17. The van der Waals surface area contributed by atoms with Gasteiger partial charge in [-0.1, -0.05) is 30.3 Å². The van der Waals surface area contributed by atoms with Crippen LogP contribution in [0.2, 0.25) is 0 Å². The number of nitrogens with zero attached hydrogens (tertiary/aromatic N) is 1. The number of sulfonamides is 1. The Morgan fingerprint density at radius 3 is 2.40 bits per heavy atom. The van der Waals surface area contributed by atoms with Crippen LogP contribution < -0.4 is 9.46 Å². The van der Waals surface area contributed by atoms with E-state index >= 15 is 0 Å². The summed E-state index contributed by atoms with van der Waals surface area (Å²) in [5, 5.41) is 0. The van der Waals surface area contributed by atoms with Gasteiger partial charge in [0, 0.05) is 5.56 Å². The molecule has 1 heterocycles. The zero-order valence-corrected chi connectivity index (χ0v) is 14.7. The Labute approximate surface area is 146 Å². The summed E-state index contributed by atoms with van der Waals surface area (Å²) in [6, 6.07) is 15.8. The van der Waals surface area contributed by atoms with E-state index in [0.717, 1.165) is 5.56 Å². The van der Waals surface area contributed by atoms with Gasteiger partial charge in [0.05, 0.1) is 18.6 Å². The Morgan fingerprint density at radius 1 is 1.08 bits per heavy atom. The zero-order chi connectivity index (χ0) is 17.9. The van der Waals surface area contributed by atoms with Crippen LogP contribution >= 0.6 is 0 Å². The summed E-state index contributed by atoms with van der Waals surface area (Å²) in [7, 11) is -2.13. The Morgan fingerprint density at radius 2 is 1.76 bits per heavy atom. The first-order valence-electron chi connectivity index (χ1n) is 7.65. The second-order valence-electron chi connectivity index (χ2n) is 5.38. The van der Waals surface area contributed by atoms with Gasteiger partial charge in [-0.25, -0.2) is 18.1 Å². The Hall–Kier alpha value is -2.64. The lowest BCUT2D eigenvalue weighted by molar-refractivity contribution is 0.414. The van der Waals surface area contributed by atoms with Crippen molar-refractivity contribution in [3.05, 3.63) is 66.2 Å². The average molecular weight is 358 g/mol. The van der Waals surface area contributed by atoms with Crippen molar-refractivity contribution in [1.29, 1.82) is 0 Å². The highest BCUT2D eigenvalue weighted by Crippen LogP contribution is 2.23. The van der Waals surface area contributed by atoms with E-state index in [1.807, 2.05) is 30.3 Å². The quantitative estimate of drug-likeness (QED) is 0.732. The molecule has 0 aliphatic heterocycles. The Kier molecular flexibility index (Phi) is 4.87. The van der Waals surface area contributed by atoms with E-state index < -0.39 is 10.0 Å². The van der Waals surface area contributed by atoms with Crippen LogP contribution in [0.15, 0.2) is 63.9 Å². The normalized spacial score (nSPS) is 11.4. The topological polar surface area (TPSA) is 81.4 Å². The van der Waals surface area contributed by atoms with Gasteiger partial charge in [0.15, 0.2) is 0 Å². The van der Waals surface area contributed by atoms with Crippen molar-refractivity contribution >= 4 is 10.0 Å². The monoisotopic (exact) mass is 358 g/mol. The first-order chi connectivity index (χ1) is 12.0. The molecular weight excluding hydrogens is 340 g/mol. The number of hydrogen-bond donors (Lipinski definition) is 1. The molecule has 0 atom stereocenters. The number of hydrogen-bond acceptors (Lipinski definition) is 5. The van der Waals surface area contributed by atoms with E-state index in [2.05, 4.69) is 9.71 Å². The van der Waals surface area contributed by atoms with Crippen molar-refractivity contribution in [3.63, 3.8) is 0 Å². The first kappa shape index (κ1) is 17.2. The van der Waals surface area contributed by atoms with Gasteiger partial charge in [0.25, 0.3) is 0 Å². The molecule has 0 bridgehead atoms. The average Bonchev–Trinajstić information content (AvgIpc) is 3.02. The number of methoxy groups -OCH3 is 1. The lowest BCUT2D eigenvalue weighted by Gasteiger charge is -2.05. The predicted molar refractivity (Wildman–Crippen MR) is 93.7 cm³/mol. The van der Waals surface area contributed by atoms with Crippen molar-refractivity contribution in [2.45, 2.75) is 18.4 Å². The molecule has 7 heteroatoms. The smallest absolute Gasteiger partial charge is 0.241 e. The largest absolute Gasteiger partial charge is 0.497 e. The summed E-state index contributed by atoms with van der Waals surface area (Å²) < 4.78 is 37.8. The van der Waals surface area contributed by atoms with Crippen molar-refractivity contribution in [3.8, 4) is 17.0 Å². The van der Waals surface area contributed by atoms with Crippen LogP contribution in [-0.4, -0.2) is 20.5 Å². The molecule has 2 aromatic carbocycles. The molecule has 130 valence electrons. The Balaban J connectivity index is 1.75. The van der Waals surface area contributed by atoms with Crippen molar-refractivity contribution in [2.75, 3.05) is 7.11 Å². The molecule has 0 amide bonds. The maximum Gasteiger partial charge on any atom is 0.241 e. The molecule has 1 N–H and O–H groups in total. The lowest BCUT2D eigenvalue weighted by Crippen LogP contribution is -2.23. The molecule has 1 aromatic heterocycles. The SMILES string of the molecule is COc1ccc(S(=O)(=O)NCc2nc(-c3ccccc3)c(C)o2)cc1. The maximum atomic E-state index is 12.3. The van der Waals surface area contributed by atoms with Crippen molar-refractivity contribution in [1.82, 2.24) is 9.71 Å². The third-order valence-electron chi connectivity index (χ3n) is 3.67. The van der Waals surface area contributed by atoms with Crippen LogP contribution in [-0.2, 0) is 16.6 Å². The summed E-state index contributed by atoms with van der Waals surface area (Å²) in [6.07, 6.45) is 0. The third-order valence-corrected chi connectivity index (χ3v) is 5.09. The van der Waals surface area contributed by atoms with Crippen LogP contribution in [0.4, 0.5) is 0 Å². The van der Waals surface area contributed by atoms with E-state index in [9.17, 15) is 8.42 Å². The van der Waals surface area contributed by atoms with Crippen molar-refractivity contribution in [2.24, 2.45) is 0 Å². The summed E-state index contributed by atoms with van der Waals surface area (Å²) in [4.78, 5) is 4.54. The number of aryl methyl sites for hydroxylation is 1. The summed E-state index contributed by atoms with van der Waals surface area (Å²) in [5.74, 6) is 1.55. The van der Waals surface area contributed by atoms with Crippen LogP contribution in [0.25, 0.3) is 11.3 Å². The number of aromatic nitrogens is 1. The highest BCUT2D eigenvalue weighted by molar-refractivity contribution is 7.89. The second-order valence-corrected chi connectivity index (χ2v) is 7.15. The van der Waals surface area contributed by atoms with E-state index in [4.69, 9.17) is 9.15 Å². The number of nitrogens with one attached hydrogen (secondary N) is 1. The van der Waals surface area contributed by atoms with E-state index in [0.29, 0.717) is 23.1 Å². The maximum absolute atomic E-state index is 12.3. The minimum absolute atomic E-state index is 0.0258. The van der Waals surface area contributed by atoms with Gasteiger partial charge in [0.1, 0.15) is 17.2 Å². The molecule has 3 rings (SSSR count). The summed E-state index contributed by atoms with van der Waals surface area (Å²) >= 11 is 0. The molecule has 0 unspecified atom stereocenters. The van der Waals surface area contributed by atoms with Gasteiger partial charge < -0.3 is 9.15 Å². The van der Waals surface area contributed by atoms with Gasteiger partial charge >= 0.3 is 0 Å². The fourth-order valence-electron chi connectivity index (χ4n) is 2.39. The van der Waals surface area contributed by atoms with Gasteiger partial charge in [-0.2, -0.15) is 0 Å². The molecule has 25 heavy (non-hydrogen) atoms. The minimum atomic E-state index is -3.66. The molecule has 0 aliphatic carbocycles. The molecule has 0 aliphatic rings. The van der Waals surface area contributed by atoms with Crippen molar-refractivity contribution < 1.29 is 17.6 Å². The lowest BCUT2D eigenvalue weighted by atomic mass is 10.1. The highest BCUT2D eigenvalue weighted by atomic mass is 32.2. The fraction of sp³-hybridized carbons (Fsp3) is 0.167. The van der Waals surface area contributed by atoms with E-state index in [1.165, 1.54) is 19.2 Å². The zero-order valence-electron chi connectivity index (χ0n) is 13.9. The van der Waals surface area contributed by atoms with Crippen LogP contribution in [0.1, 0.15) is 11.7 Å². The third kappa shape index (κ3) is 3.89. The Bertz CT molecular complexity index is 949. The second kappa shape index (κ2) is 7.08. The molecular formula is C18H18N2O4S. The molecule has 0 saturated heterocycles. The fourth-order valence-corrected chi connectivity index (χ4v) is 3.36. The first-order valence-corrected chi connectivity index (χ1v) is 9.13. The molecule has 0 radical (unpaired) electrons. The van der Waals surface area contributed by atoms with Crippen LogP contribution in [0, 0.1) is 6.92 Å². The molecule has 6 nitrogen and oxygen atoms in total. The molecule has 3 aromatic rings. The summed E-state index contributed by atoms with van der Waals surface area (Å²) in [6.45, 7) is 1.78. The minimum Gasteiger partial charge on any atom is -0.497 e. The van der Waals surface area contributed by atoms with E-state index in [-0.39, 0.29) is 11.4 Å². The summed E-state index contributed by atoms with van der Waals surface area (Å²) in [5.41, 5.74) is 1.63. The van der Waals surface area contributed by atoms with Gasteiger partial charge in [-0.3, -0.25) is 0 Å². The van der Waals surface area contributed by atoms with Gasteiger partial charge in [0.2, 0.25) is 15.9 Å². The molecule has 0 spiro atoms. The number of benzene rings is 2. The number of ether oxygens (including phenoxy) is 1. The van der Waals surface area contributed by atoms with Crippen LogP contribution in [0.5, 0.6) is 5.75 Å². The van der Waals surface area contributed by atoms with Crippen LogP contribution in [0.3, 0.4) is 0 Å². The standard InChI is InChI=1S/C18H18N2O4S/c1-13-18(14-6-4-3-5-7-14)20-17(24-13)12-19-25(21,22)16-10-8-15(23-2)9-11-16/h3-11,19H,12H2,1-2H3. The molecule has 0 fully saturated rings. The van der Waals surface area contributed by atoms with E-state index in [1.54, 1.807) is 19.1 Å².